The number of morpholine rings is 1. The number of ether oxygens (including phenoxy) is 1. The Balaban J connectivity index is 1.69. The maximum atomic E-state index is 12.7. The Hall–Kier alpha value is -2.61. The van der Waals surface area contributed by atoms with E-state index in [1.54, 1.807) is 31.2 Å². The van der Waals surface area contributed by atoms with Gasteiger partial charge in [0, 0.05) is 19.3 Å². The van der Waals surface area contributed by atoms with Crippen molar-refractivity contribution in [3.8, 4) is 0 Å². The largest absolute Gasteiger partial charge is 0.377 e. The number of anilines is 1. The number of imide groups is 1. The third kappa shape index (κ3) is 3.82. The molecule has 0 bridgehead atoms. The number of nitrogens with zero attached hydrogens (tertiary/aromatic N) is 2. The first-order chi connectivity index (χ1) is 13.2. The van der Waals surface area contributed by atoms with Crippen LogP contribution in [0.1, 0.15) is 32.8 Å². The van der Waals surface area contributed by atoms with Gasteiger partial charge in [0.05, 0.1) is 19.3 Å². The zero-order valence-electron chi connectivity index (χ0n) is 16.8. The van der Waals surface area contributed by atoms with Crippen molar-refractivity contribution in [1.29, 1.82) is 0 Å². The van der Waals surface area contributed by atoms with Crippen molar-refractivity contribution < 1.29 is 19.1 Å². The third-order valence-electron chi connectivity index (χ3n) is 5.34. The summed E-state index contributed by atoms with van der Waals surface area (Å²) in [5.74, 6) is 0.165. The molecule has 3 rings (SSSR count). The van der Waals surface area contributed by atoms with Gasteiger partial charge in [-0.15, -0.1) is 0 Å². The lowest BCUT2D eigenvalue weighted by Gasteiger charge is -2.36. The Morgan fingerprint density at radius 3 is 2.57 bits per heavy atom. The van der Waals surface area contributed by atoms with Gasteiger partial charge in [0.25, 0.3) is 5.91 Å². The normalized spacial score (nSPS) is 25.2. The Morgan fingerprint density at radius 2 is 2.00 bits per heavy atom. The minimum atomic E-state index is -1.10. The molecule has 2 aliphatic heterocycles. The second kappa shape index (κ2) is 7.79. The number of benzene rings is 1. The molecule has 2 N–H and O–H groups in total. The Morgan fingerprint density at radius 1 is 1.32 bits per heavy atom. The van der Waals surface area contributed by atoms with Crippen molar-refractivity contribution in [3.05, 3.63) is 29.8 Å². The van der Waals surface area contributed by atoms with E-state index in [4.69, 9.17) is 4.74 Å². The van der Waals surface area contributed by atoms with Gasteiger partial charge < -0.3 is 20.3 Å². The van der Waals surface area contributed by atoms with E-state index in [2.05, 4.69) is 24.5 Å². The quantitative estimate of drug-likeness (QED) is 0.775. The molecule has 2 saturated heterocycles. The molecule has 8 heteroatoms. The Bertz CT molecular complexity index is 764. The van der Waals surface area contributed by atoms with Crippen LogP contribution in [0.2, 0.25) is 0 Å². The van der Waals surface area contributed by atoms with E-state index in [9.17, 15) is 14.4 Å². The molecular formula is C20H28N4O4. The molecular weight excluding hydrogens is 360 g/mol. The zero-order chi connectivity index (χ0) is 20.5. The van der Waals surface area contributed by atoms with Gasteiger partial charge in [-0.25, -0.2) is 9.59 Å². The number of nitrogens with one attached hydrogen (secondary N) is 2. The molecule has 2 atom stereocenters. The van der Waals surface area contributed by atoms with Crippen molar-refractivity contribution >= 4 is 23.7 Å². The first-order valence-electron chi connectivity index (χ1n) is 9.58. The number of carbonyl (C=O) groups is 3. The summed E-state index contributed by atoms with van der Waals surface area (Å²) >= 11 is 0. The summed E-state index contributed by atoms with van der Waals surface area (Å²) in [6, 6.07) is 6.47. The van der Waals surface area contributed by atoms with Gasteiger partial charge in [0.2, 0.25) is 0 Å². The van der Waals surface area contributed by atoms with E-state index in [1.807, 2.05) is 4.90 Å². The predicted octanol–water partition coefficient (Wildman–Crippen LogP) is 2.36. The van der Waals surface area contributed by atoms with Crippen molar-refractivity contribution in [2.24, 2.45) is 5.92 Å². The molecule has 0 saturated carbocycles. The lowest BCUT2D eigenvalue weighted by Crippen LogP contribution is -2.50. The van der Waals surface area contributed by atoms with Crippen LogP contribution in [0.5, 0.6) is 0 Å². The molecule has 1 aromatic rings. The summed E-state index contributed by atoms with van der Waals surface area (Å²) in [4.78, 5) is 39.8. The average Bonchev–Trinajstić information content (AvgIpc) is 2.86. The highest BCUT2D eigenvalue weighted by Gasteiger charge is 2.47. The summed E-state index contributed by atoms with van der Waals surface area (Å²) < 4.78 is 5.53. The van der Waals surface area contributed by atoms with E-state index in [1.165, 1.54) is 7.05 Å². The van der Waals surface area contributed by atoms with Gasteiger partial charge in [-0.05, 0) is 37.0 Å². The maximum absolute atomic E-state index is 12.7. The summed E-state index contributed by atoms with van der Waals surface area (Å²) in [7, 11) is 1.45. The van der Waals surface area contributed by atoms with Crippen LogP contribution in [0.4, 0.5) is 15.3 Å². The lowest BCUT2D eigenvalue weighted by atomic mass is 9.92. The van der Waals surface area contributed by atoms with E-state index in [0.29, 0.717) is 36.9 Å². The molecule has 1 aromatic carbocycles. The topological polar surface area (TPSA) is 91.0 Å². The van der Waals surface area contributed by atoms with Crippen molar-refractivity contribution in [1.82, 2.24) is 15.1 Å². The summed E-state index contributed by atoms with van der Waals surface area (Å²) in [5.41, 5.74) is 0.204. The van der Waals surface area contributed by atoms with Gasteiger partial charge in [0.1, 0.15) is 5.54 Å². The first kappa shape index (κ1) is 20.1. The standard InChI is InChI=1S/C20H28N4O4/c1-13(2)11-16-12-28-10-9-24(16)18(26)21-15-7-5-14(6-8-15)20(3)17(25)23(4)19(27)22-20/h5-8,13,16H,9-12H2,1-4H3,(H,21,26)(H,22,27)/t16-,20?/m0/s1. The van der Waals surface area contributed by atoms with Gasteiger partial charge >= 0.3 is 12.1 Å². The molecule has 152 valence electrons. The van der Waals surface area contributed by atoms with E-state index in [0.717, 1.165) is 11.3 Å². The van der Waals surface area contributed by atoms with Crippen LogP contribution in [0, 0.1) is 5.92 Å². The predicted molar refractivity (Wildman–Crippen MR) is 105 cm³/mol. The van der Waals surface area contributed by atoms with Gasteiger partial charge in [-0.2, -0.15) is 0 Å². The Labute approximate surface area is 165 Å². The van der Waals surface area contributed by atoms with Crippen molar-refractivity contribution in [2.45, 2.75) is 38.8 Å². The van der Waals surface area contributed by atoms with Crippen molar-refractivity contribution in [3.63, 3.8) is 0 Å². The number of urea groups is 2. The number of likely N-dealkylation sites (N-methyl/N-ethyl adjacent to an activating group) is 1. The maximum Gasteiger partial charge on any atom is 0.325 e. The minimum Gasteiger partial charge on any atom is -0.377 e. The molecule has 2 aliphatic rings. The fourth-order valence-corrected chi connectivity index (χ4v) is 3.72. The van der Waals surface area contributed by atoms with Gasteiger partial charge in [-0.1, -0.05) is 26.0 Å². The molecule has 5 amide bonds. The molecule has 1 unspecified atom stereocenters. The number of hydrogen-bond acceptors (Lipinski definition) is 4. The molecule has 28 heavy (non-hydrogen) atoms. The molecule has 2 heterocycles. The van der Waals surface area contributed by atoms with E-state index < -0.39 is 11.6 Å². The van der Waals surface area contributed by atoms with Gasteiger partial charge in [0.15, 0.2) is 0 Å². The van der Waals surface area contributed by atoms with Crippen molar-refractivity contribution in [2.75, 3.05) is 32.1 Å². The van der Waals surface area contributed by atoms with Crippen LogP contribution in [-0.2, 0) is 15.1 Å². The zero-order valence-corrected chi connectivity index (χ0v) is 16.8. The molecule has 0 aliphatic carbocycles. The Kier molecular flexibility index (Phi) is 5.60. The third-order valence-corrected chi connectivity index (χ3v) is 5.34. The minimum absolute atomic E-state index is 0.0637. The summed E-state index contributed by atoms with van der Waals surface area (Å²) in [6.45, 7) is 7.59. The molecule has 0 aromatic heterocycles. The van der Waals surface area contributed by atoms with E-state index in [-0.39, 0.29) is 18.0 Å². The number of carbonyl (C=O) groups excluding carboxylic acids is 3. The molecule has 0 spiro atoms. The number of rotatable bonds is 4. The second-order valence-electron chi connectivity index (χ2n) is 7.98. The SMILES string of the molecule is CC(C)C[C@H]1COCCN1C(=O)Nc1ccc(C2(C)NC(=O)N(C)C2=O)cc1. The van der Waals surface area contributed by atoms with Gasteiger partial charge in [-0.3, -0.25) is 9.69 Å². The summed E-state index contributed by atoms with van der Waals surface area (Å²) in [5, 5.41) is 5.63. The number of hydrogen-bond donors (Lipinski definition) is 2. The van der Waals surface area contributed by atoms with Crippen LogP contribution in [0.3, 0.4) is 0 Å². The fourth-order valence-electron chi connectivity index (χ4n) is 3.72. The molecule has 8 nitrogen and oxygen atoms in total. The molecule has 0 radical (unpaired) electrons. The van der Waals surface area contributed by atoms with Crippen LogP contribution in [0.25, 0.3) is 0 Å². The summed E-state index contributed by atoms with van der Waals surface area (Å²) in [6.07, 6.45) is 0.889. The fraction of sp³-hybridized carbons (Fsp3) is 0.550. The number of amides is 5. The van der Waals surface area contributed by atoms with Crippen LogP contribution < -0.4 is 10.6 Å². The average molecular weight is 388 g/mol. The molecule has 2 fully saturated rings. The van der Waals surface area contributed by atoms with Crippen LogP contribution >= 0.6 is 0 Å². The lowest BCUT2D eigenvalue weighted by molar-refractivity contribution is -0.130. The smallest absolute Gasteiger partial charge is 0.325 e. The van der Waals surface area contributed by atoms with Crippen LogP contribution in [0.15, 0.2) is 24.3 Å². The highest BCUT2D eigenvalue weighted by molar-refractivity contribution is 6.07. The second-order valence-corrected chi connectivity index (χ2v) is 7.98. The van der Waals surface area contributed by atoms with E-state index >= 15 is 0 Å². The van der Waals surface area contributed by atoms with Crippen LogP contribution in [-0.4, -0.2) is 60.6 Å². The highest BCUT2D eigenvalue weighted by Crippen LogP contribution is 2.29. The highest BCUT2D eigenvalue weighted by atomic mass is 16.5. The first-order valence-corrected chi connectivity index (χ1v) is 9.58. The monoisotopic (exact) mass is 388 g/mol.